The van der Waals surface area contributed by atoms with E-state index in [4.69, 9.17) is 11.5 Å². The Morgan fingerprint density at radius 3 is 2.57 bits per heavy atom. The first-order valence-electron chi connectivity index (χ1n) is 9.42. The number of pyridine rings is 2. The topological polar surface area (TPSA) is 136 Å². The highest BCUT2D eigenvalue weighted by molar-refractivity contribution is 5.99. The predicted molar refractivity (Wildman–Crippen MR) is 114 cm³/mol. The number of rotatable bonds is 8. The van der Waals surface area contributed by atoms with Crippen LogP contribution in [-0.4, -0.2) is 27.8 Å². The Morgan fingerprint density at radius 1 is 1.13 bits per heavy atom. The lowest BCUT2D eigenvalue weighted by Crippen LogP contribution is -2.37. The summed E-state index contributed by atoms with van der Waals surface area (Å²) in [5, 5.41) is 6.60. The molecule has 0 aliphatic rings. The number of nitrogens with one attached hydrogen (secondary N) is 2. The molecule has 3 rings (SSSR count). The Morgan fingerprint density at radius 2 is 1.90 bits per heavy atom. The molecule has 6 N–H and O–H groups in total. The third-order valence-electron chi connectivity index (χ3n) is 4.47. The zero-order chi connectivity index (χ0) is 21.8. The zero-order valence-corrected chi connectivity index (χ0v) is 16.6. The van der Waals surface area contributed by atoms with E-state index in [0.29, 0.717) is 12.1 Å². The molecular weight excluding hydrogens is 387 g/mol. The summed E-state index contributed by atoms with van der Waals surface area (Å²) in [5.74, 6) is -2.28. The summed E-state index contributed by atoms with van der Waals surface area (Å²) in [4.78, 5) is 32.0. The molecule has 30 heavy (non-hydrogen) atoms. The standard InChI is InChI=1S/C21H23FN6O2/c1-11(2)8-17(19(24)30)27-21-15(22)10-14(18(23)29)20(28-21)26-13-5-6-16-12(9-13)4-3-7-25-16/h3-7,9-11,17H,8H2,1-2H3,(H2,23,29)(H2,24,30)(H2,26,27,28)/t17-/m1/s1. The Hall–Kier alpha value is -3.75. The number of benzene rings is 1. The van der Waals surface area contributed by atoms with Gasteiger partial charge in [0, 0.05) is 17.3 Å². The second-order valence-corrected chi connectivity index (χ2v) is 7.34. The molecule has 156 valence electrons. The van der Waals surface area contributed by atoms with Gasteiger partial charge in [0.25, 0.3) is 5.91 Å². The van der Waals surface area contributed by atoms with E-state index in [2.05, 4.69) is 20.6 Å². The number of nitrogens with two attached hydrogens (primary N) is 2. The van der Waals surface area contributed by atoms with Crippen LogP contribution in [0.15, 0.2) is 42.6 Å². The quantitative estimate of drug-likeness (QED) is 0.451. The number of primary amides is 2. The summed E-state index contributed by atoms with van der Waals surface area (Å²) in [7, 11) is 0. The fourth-order valence-corrected chi connectivity index (χ4v) is 3.05. The summed E-state index contributed by atoms with van der Waals surface area (Å²) in [6.07, 6.45) is 2.08. The maximum Gasteiger partial charge on any atom is 0.252 e. The van der Waals surface area contributed by atoms with Crippen molar-refractivity contribution in [1.29, 1.82) is 0 Å². The van der Waals surface area contributed by atoms with Crippen LogP contribution in [0.4, 0.5) is 21.7 Å². The fraction of sp³-hybridized carbons (Fsp3) is 0.238. The van der Waals surface area contributed by atoms with E-state index in [1.165, 1.54) is 0 Å². The SMILES string of the molecule is CC(C)C[C@@H](Nc1nc(Nc2ccc3ncccc3c2)c(C(N)=O)cc1F)C(N)=O. The molecule has 0 spiro atoms. The fourth-order valence-electron chi connectivity index (χ4n) is 3.05. The van der Waals surface area contributed by atoms with E-state index in [0.717, 1.165) is 17.0 Å². The average Bonchev–Trinajstić information content (AvgIpc) is 2.69. The number of carbonyl (C=O) groups excluding carboxylic acids is 2. The molecule has 2 heterocycles. The molecule has 0 saturated heterocycles. The summed E-state index contributed by atoms with van der Waals surface area (Å²) >= 11 is 0. The van der Waals surface area contributed by atoms with Gasteiger partial charge in [-0.3, -0.25) is 14.6 Å². The highest BCUT2D eigenvalue weighted by Gasteiger charge is 2.22. The Bertz CT molecular complexity index is 1100. The highest BCUT2D eigenvalue weighted by atomic mass is 19.1. The van der Waals surface area contributed by atoms with Crippen LogP contribution in [0.2, 0.25) is 0 Å². The number of anilines is 3. The third kappa shape index (κ3) is 4.80. The molecule has 0 unspecified atom stereocenters. The molecular formula is C21H23FN6O2. The average molecular weight is 410 g/mol. The molecule has 0 aliphatic carbocycles. The lowest BCUT2D eigenvalue weighted by molar-refractivity contribution is -0.119. The van der Waals surface area contributed by atoms with Gasteiger partial charge in [-0.2, -0.15) is 0 Å². The maximum atomic E-state index is 14.6. The van der Waals surface area contributed by atoms with Crippen molar-refractivity contribution >= 4 is 40.0 Å². The van der Waals surface area contributed by atoms with Crippen LogP contribution in [0.3, 0.4) is 0 Å². The molecule has 0 radical (unpaired) electrons. The molecule has 0 aliphatic heterocycles. The third-order valence-corrected chi connectivity index (χ3v) is 4.47. The van der Waals surface area contributed by atoms with Crippen molar-refractivity contribution in [2.75, 3.05) is 10.6 Å². The largest absolute Gasteiger partial charge is 0.368 e. The van der Waals surface area contributed by atoms with Crippen LogP contribution in [0.1, 0.15) is 30.6 Å². The van der Waals surface area contributed by atoms with E-state index < -0.39 is 23.7 Å². The van der Waals surface area contributed by atoms with Crippen molar-refractivity contribution in [1.82, 2.24) is 9.97 Å². The molecule has 9 heteroatoms. The molecule has 3 aromatic rings. The molecule has 1 aromatic carbocycles. The summed E-state index contributed by atoms with van der Waals surface area (Å²) in [6, 6.07) is 9.23. The first kappa shape index (κ1) is 21.0. The molecule has 2 amide bonds. The zero-order valence-electron chi connectivity index (χ0n) is 16.6. The van der Waals surface area contributed by atoms with Gasteiger partial charge in [0.2, 0.25) is 5.91 Å². The number of hydrogen-bond donors (Lipinski definition) is 4. The monoisotopic (exact) mass is 410 g/mol. The van der Waals surface area contributed by atoms with Crippen molar-refractivity contribution in [3.8, 4) is 0 Å². The van der Waals surface area contributed by atoms with Gasteiger partial charge in [-0.05, 0) is 42.7 Å². The molecule has 0 saturated carbocycles. The smallest absolute Gasteiger partial charge is 0.252 e. The van der Waals surface area contributed by atoms with Crippen molar-refractivity contribution in [3.63, 3.8) is 0 Å². The number of carbonyl (C=O) groups is 2. The van der Waals surface area contributed by atoms with Gasteiger partial charge >= 0.3 is 0 Å². The van der Waals surface area contributed by atoms with Gasteiger partial charge in [0.05, 0.1) is 11.1 Å². The lowest BCUT2D eigenvalue weighted by atomic mass is 10.0. The van der Waals surface area contributed by atoms with Crippen molar-refractivity contribution in [2.45, 2.75) is 26.3 Å². The van der Waals surface area contributed by atoms with Crippen LogP contribution in [0, 0.1) is 11.7 Å². The minimum atomic E-state index is -0.841. The van der Waals surface area contributed by atoms with Crippen LogP contribution in [-0.2, 0) is 4.79 Å². The predicted octanol–water partition coefficient (Wildman–Crippen LogP) is 2.92. The van der Waals surface area contributed by atoms with Crippen LogP contribution in [0.5, 0.6) is 0 Å². The maximum absolute atomic E-state index is 14.6. The van der Waals surface area contributed by atoms with Crippen LogP contribution in [0.25, 0.3) is 10.9 Å². The van der Waals surface area contributed by atoms with Crippen LogP contribution < -0.4 is 22.1 Å². The van der Waals surface area contributed by atoms with Crippen molar-refractivity contribution < 1.29 is 14.0 Å². The Labute approximate surface area is 172 Å². The summed E-state index contributed by atoms with van der Waals surface area (Å²) in [6.45, 7) is 3.83. The number of nitrogens with zero attached hydrogens (tertiary/aromatic N) is 2. The van der Waals surface area contributed by atoms with Crippen LogP contribution >= 0.6 is 0 Å². The van der Waals surface area contributed by atoms with Gasteiger partial charge in [-0.1, -0.05) is 19.9 Å². The Kier molecular flexibility index (Phi) is 6.10. The van der Waals surface area contributed by atoms with Gasteiger partial charge < -0.3 is 22.1 Å². The van der Waals surface area contributed by atoms with E-state index in [-0.39, 0.29) is 23.1 Å². The summed E-state index contributed by atoms with van der Waals surface area (Å²) < 4.78 is 14.6. The minimum Gasteiger partial charge on any atom is -0.368 e. The van der Waals surface area contributed by atoms with E-state index in [1.54, 1.807) is 24.4 Å². The highest BCUT2D eigenvalue weighted by Crippen LogP contribution is 2.26. The molecule has 8 nitrogen and oxygen atoms in total. The summed E-state index contributed by atoms with van der Waals surface area (Å²) in [5.41, 5.74) is 12.1. The van der Waals surface area contributed by atoms with E-state index in [1.807, 2.05) is 26.0 Å². The van der Waals surface area contributed by atoms with Gasteiger partial charge in [0.15, 0.2) is 11.6 Å². The number of fused-ring (bicyclic) bond motifs is 1. The first-order chi connectivity index (χ1) is 14.2. The number of amides is 2. The minimum absolute atomic E-state index is 0.0578. The van der Waals surface area contributed by atoms with Gasteiger partial charge in [0.1, 0.15) is 11.9 Å². The number of halogens is 1. The number of aromatic nitrogens is 2. The van der Waals surface area contributed by atoms with Crippen molar-refractivity contribution in [2.24, 2.45) is 17.4 Å². The van der Waals surface area contributed by atoms with E-state index in [9.17, 15) is 14.0 Å². The number of hydrogen-bond acceptors (Lipinski definition) is 6. The molecule has 2 aromatic heterocycles. The lowest BCUT2D eigenvalue weighted by Gasteiger charge is -2.19. The molecule has 0 bridgehead atoms. The molecule has 0 fully saturated rings. The Balaban J connectivity index is 1.98. The van der Waals surface area contributed by atoms with Gasteiger partial charge in [-0.25, -0.2) is 9.37 Å². The second-order valence-electron chi connectivity index (χ2n) is 7.34. The normalized spacial score (nSPS) is 12.0. The second kappa shape index (κ2) is 8.73. The van der Waals surface area contributed by atoms with Crippen molar-refractivity contribution in [3.05, 3.63) is 54.0 Å². The van der Waals surface area contributed by atoms with E-state index >= 15 is 0 Å². The molecule has 1 atom stereocenters. The van der Waals surface area contributed by atoms with Gasteiger partial charge in [-0.15, -0.1) is 0 Å². The first-order valence-corrected chi connectivity index (χ1v) is 9.42.